The number of benzene rings is 2. The lowest BCUT2D eigenvalue weighted by Crippen LogP contribution is -2.26. The molecule has 0 aliphatic carbocycles. The molecule has 9 heteroatoms. The zero-order valence-corrected chi connectivity index (χ0v) is 19.0. The third-order valence-electron chi connectivity index (χ3n) is 4.92. The first-order chi connectivity index (χ1) is 16.5. The lowest BCUT2D eigenvalue weighted by Gasteiger charge is -2.09. The van der Waals surface area contributed by atoms with Crippen LogP contribution in [0.4, 0.5) is 11.5 Å². The second-order valence-corrected chi connectivity index (χ2v) is 7.73. The van der Waals surface area contributed by atoms with Crippen LogP contribution in [-0.2, 0) is 16.2 Å². The summed E-state index contributed by atoms with van der Waals surface area (Å²) in [5.41, 5.74) is 3.08. The summed E-state index contributed by atoms with van der Waals surface area (Å²) in [7, 11) is 0. The van der Waals surface area contributed by atoms with Crippen LogP contribution in [0.5, 0.6) is 5.75 Å². The minimum absolute atomic E-state index is 0.0803. The number of hydrogen-bond donors (Lipinski definition) is 4. The Kier molecular flexibility index (Phi) is 7.02. The molecule has 4 N–H and O–H groups in total. The molecule has 0 bridgehead atoms. The van der Waals surface area contributed by atoms with E-state index in [0.29, 0.717) is 41.8 Å². The quantitative estimate of drug-likeness (QED) is 0.284. The molecule has 0 unspecified atom stereocenters. The molecule has 0 aliphatic rings. The first-order valence-electron chi connectivity index (χ1n) is 10.9. The number of hydrogen-bond acceptors (Lipinski definition) is 6. The number of aromatic nitrogens is 3. The van der Waals surface area contributed by atoms with E-state index < -0.39 is 0 Å². The SMILES string of the molecule is CC(=O)NCCNc1nc(-c2ccccc2)nc2[nH]c(COc3cccc(NC(C)=O)c3)cc12. The number of H-pyrrole nitrogens is 1. The molecule has 0 saturated heterocycles. The Morgan fingerprint density at radius 3 is 2.53 bits per heavy atom. The topological polar surface area (TPSA) is 121 Å². The van der Waals surface area contributed by atoms with Gasteiger partial charge in [-0.3, -0.25) is 9.59 Å². The third-order valence-corrected chi connectivity index (χ3v) is 4.92. The van der Waals surface area contributed by atoms with Crippen molar-refractivity contribution < 1.29 is 14.3 Å². The predicted molar refractivity (Wildman–Crippen MR) is 132 cm³/mol. The van der Waals surface area contributed by atoms with Gasteiger partial charge in [0.2, 0.25) is 11.8 Å². The number of carbonyl (C=O) groups is 2. The molecule has 0 saturated carbocycles. The van der Waals surface area contributed by atoms with Crippen LogP contribution in [-0.4, -0.2) is 39.9 Å². The van der Waals surface area contributed by atoms with Gasteiger partial charge in [-0.2, -0.15) is 0 Å². The lowest BCUT2D eigenvalue weighted by atomic mass is 10.2. The molecule has 4 aromatic rings. The maximum Gasteiger partial charge on any atom is 0.221 e. The minimum atomic E-state index is -0.140. The van der Waals surface area contributed by atoms with Crippen LogP contribution >= 0.6 is 0 Å². The summed E-state index contributed by atoms with van der Waals surface area (Å²) in [6.45, 7) is 4.23. The van der Waals surface area contributed by atoms with Gasteiger partial charge in [-0.25, -0.2) is 9.97 Å². The third kappa shape index (κ3) is 5.89. The Labute approximate surface area is 197 Å². The smallest absolute Gasteiger partial charge is 0.221 e. The number of fused-ring (bicyclic) bond motifs is 1. The van der Waals surface area contributed by atoms with E-state index in [9.17, 15) is 9.59 Å². The molecule has 34 heavy (non-hydrogen) atoms. The highest BCUT2D eigenvalue weighted by Gasteiger charge is 2.13. The Morgan fingerprint density at radius 1 is 0.941 bits per heavy atom. The van der Waals surface area contributed by atoms with E-state index >= 15 is 0 Å². The van der Waals surface area contributed by atoms with Crippen LogP contribution in [0.1, 0.15) is 19.5 Å². The standard InChI is InChI=1S/C25H26N6O3/c1-16(32)26-11-12-27-24-22-14-20(15-34-21-10-6-9-19(13-21)28-17(2)33)29-25(22)31-23(30-24)18-7-4-3-5-8-18/h3-10,13-14H,11-12,15H2,1-2H3,(H,26,32)(H,28,33)(H2,27,29,30,31). The zero-order chi connectivity index (χ0) is 23.9. The van der Waals surface area contributed by atoms with Gasteiger partial charge in [-0.15, -0.1) is 0 Å². The second-order valence-electron chi connectivity index (χ2n) is 7.73. The van der Waals surface area contributed by atoms with Crippen molar-refractivity contribution in [1.29, 1.82) is 0 Å². The highest BCUT2D eigenvalue weighted by Crippen LogP contribution is 2.26. The van der Waals surface area contributed by atoms with Crippen LogP contribution in [0.3, 0.4) is 0 Å². The molecule has 2 aromatic carbocycles. The molecule has 0 radical (unpaired) electrons. The summed E-state index contributed by atoms with van der Waals surface area (Å²) >= 11 is 0. The number of aromatic amines is 1. The highest BCUT2D eigenvalue weighted by atomic mass is 16.5. The fourth-order valence-electron chi connectivity index (χ4n) is 3.44. The van der Waals surface area contributed by atoms with E-state index in [2.05, 4.69) is 20.9 Å². The van der Waals surface area contributed by atoms with Crippen molar-refractivity contribution >= 4 is 34.4 Å². The molecule has 0 spiro atoms. The Hall–Kier alpha value is -4.40. The van der Waals surface area contributed by atoms with Gasteiger partial charge in [0.1, 0.15) is 23.8 Å². The van der Waals surface area contributed by atoms with E-state index in [1.807, 2.05) is 48.5 Å². The summed E-state index contributed by atoms with van der Waals surface area (Å²) in [5, 5.41) is 9.64. The zero-order valence-electron chi connectivity index (χ0n) is 19.0. The molecule has 0 fully saturated rings. The lowest BCUT2D eigenvalue weighted by molar-refractivity contribution is -0.119. The molecule has 174 valence electrons. The van der Waals surface area contributed by atoms with E-state index in [0.717, 1.165) is 16.6 Å². The molecule has 4 rings (SSSR count). The average Bonchev–Trinajstić information content (AvgIpc) is 3.24. The average molecular weight is 459 g/mol. The molecular weight excluding hydrogens is 432 g/mol. The van der Waals surface area contributed by atoms with Crippen molar-refractivity contribution in [3.8, 4) is 17.1 Å². The van der Waals surface area contributed by atoms with Crippen LogP contribution < -0.4 is 20.7 Å². The summed E-state index contributed by atoms with van der Waals surface area (Å²) in [6.07, 6.45) is 0. The summed E-state index contributed by atoms with van der Waals surface area (Å²) in [4.78, 5) is 35.2. The highest BCUT2D eigenvalue weighted by molar-refractivity contribution is 5.90. The van der Waals surface area contributed by atoms with Crippen molar-refractivity contribution in [1.82, 2.24) is 20.3 Å². The number of rotatable bonds is 9. The maximum atomic E-state index is 11.3. The van der Waals surface area contributed by atoms with Gasteiger partial charge in [0.15, 0.2) is 5.82 Å². The monoisotopic (exact) mass is 458 g/mol. The summed E-state index contributed by atoms with van der Waals surface area (Å²) < 4.78 is 5.92. The van der Waals surface area contributed by atoms with E-state index in [4.69, 9.17) is 14.7 Å². The molecule has 2 heterocycles. The molecular formula is C25H26N6O3. The summed E-state index contributed by atoms with van der Waals surface area (Å²) in [6, 6.07) is 18.9. The number of anilines is 2. The van der Waals surface area contributed by atoms with Crippen molar-refractivity contribution in [2.45, 2.75) is 20.5 Å². The molecule has 2 amide bonds. The Bertz CT molecular complexity index is 1300. The van der Waals surface area contributed by atoms with Gasteiger partial charge in [0, 0.05) is 44.3 Å². The van der Waals surface area contributed by atoms with E-state index in [-0.39, 0.29) is 18.4 Å². The molecule has 9 nitrogen and oxygen atoms in total. The van der Waals surface area contributed by atoms with Gasteiger partial charge < -0.3 is 25.7 Å². The Morgan fingerprint density at radius 2 is 1.76 bits per heavy atom. The second kappa shape index (κ2) is 10.5. The van der Waals surface area contributed by atoms with Gasteiger partial charge in [-0.05, 0) is 18.2 Å². The number of nitrogens with zero attached hydrogens (tertiary/aromatic N) is 2. The van der Waals surface area contributed by atoms with Crippen LogP contribution in [0.25, 0.3) is 22.4 Å². The van der Waals surface area contributed by atoms with E-state index in [1.54, 1.807) is 12.1 Å². The number of ether oxygens (including phenoxy) is 1. The van der Waals surface area contributed by atoms with E-state index in [1.165, 1.54) is 13.8 Å². The largest absolute Gasteiger partial charge is 0.487 e. The summed E-state index contributed by atoms with van der Waals surface area (Å²) in [5.74, 6) is 1.67. The number of amides is 2. The van der Waals surface area contributed by atoms with Gasteiger partial charge in [-0.1, -0.05) is 36.4 Å². The predicted octanol–water partition coefficient (Wildman–Crippen LogP) is 3.71. The van der Waals surface area contributed by atoms with Crippen molar-refractivity contribution in [3.63, 3.8) is 0 Å². The van der Waals surface area contributed by atoms with Crippen LogP contribution in [0.2, 0.25) is 0 Å². The maximum absolute atomic E-state index is 11.3. The van der Waals surface area contributed by atoms with Gasteiger partial charge >= 0.3 is 0 Å². The van der Waals surface area contributed by atoms with Crippen molar-refractivity contribution in [2.75, 3.05) is 23.7 Å². The van der Waals surface area contributed by atoms with Crippen molar-refractivity contribution in [2.24, 2.45) is 0 Å². The minimum Gasteiger partial charge on any atom is -0.487 e. The first kappa shape index (κ1) is 22.8. The number of carbonyl (C=O) groups excluding carboxylic acids is 2. The van der Waals surface area contributed by atoms with Gasteiger partial charge in [0.25, 0.3) is 0 Å². The Balaban J connectivity index is 1.57. The molecule has 0 atom stereocenters. The van der Waals surface area contributed by atoms with Gasteiger partial charge in [0.05, 0.1) is 11.1 Å². The molecule has 2 aromatic heterocycles. The fraction of sp³-hybridized carbons (Fsp3) is 0.200. The molecule has 0 aliphatic heterocycles. The van der Waals surface area contributed by atoms with Crippen LogP contribution in [0, 0.1) is 0 Å². The fourth-order valence-corrected chi connectivity index (χ4v) is 3.44. The van der Waals surface area contributed by atoms with Crippen molar-refractivity contribution in [3.05, 3.63) is 66.4 Å². The number of nitrogens with one attached hydrogen (secondary N) is 4. The normalized spacial score (nSPS) is 10.6. The van der Waals surface area contributed by atoms with Crippen LogP contribution in [0.15, 0.2) is 60.7 Å². The first-order valence-corrected chi connectivity index (χ1v) is 10.9.